The molecule has 0 spiro atoms. The van der Waals surface area contributed by atoms with E-state index in [4.69, 9.17) is 10.2 Å². The van der Waals surface area contributed by atoms with Crippen molar-refractivity contribution in [3.63, 3.8) is 0 Å². The minimum Gasteiger partial charge on any atom is -0.511 e. The van der Waals surface area contributed by atoms with Crippen LogP contribution in [0.4, 0.5) is 0 Å². The molecule has 1 unspecified atom stereocenters. The number of aliphatic hydroxyl groups excluding tert-OH is 2. The Morgan fingerprint density at radius 3 is 2.67 bits per heavy atom. The van der Waals surface area contributed by atoms with Gasteiger partial charge in [0.15, 0.2) is 0 Å². The topological polar surface area (TPSA) is 52.5 Å². The lowest BCUT2D eigenvalue weighted by molar-refractivity contribution is 0.196. The van der Waals surface area contributed by atoms with Crippen LogP contribution in [0.15, 0.2) is 12.0 Å². The zero-order chi connectivity index (χ0) is 7.28. The number of allylic oxidation sites excluding steroid dienone is 1. The van der Waals surface area contributed by atoms with Gasteiger partial charge in [0.05, 0.1) is 6.10 Å². The van der Waals surface area contributed by atoms with E-state index in [-0.39, 0.29) is 11.9 Å². The molecule has 3 N–H and O–H groups in total. The van der Waals surface area contributed by atoms with E-state index < -0.39 is 0 Å². The van der Waals surface area contributed by atoms with Crippen molar-refractivity contribution in [1.29, 1.82) is 0 Å². The van der Waals surface area contributed by atoms with E-state index in [1.54, 1.807) is 13.8 Å². The molecule has 0 rings (SSSR count). The van der Waals surface area contributed by atoms with E-state index >= 15 is 0 Å². The van der Waals surface area contributed by atoms with Gasteiger partial charge in [-0.2, -0.15) is 0 Å². The summed E-state index contributed by atoms with van der Waals surface area (Å²) in [6, 6.07) is 0. The predicted octanol–water partition coefficient (Wildman–Crippen LogP) is 0.376. The highest BCUT2D eigenvalue weighted by molar-refractivity contribution is 4.83. The average molecular weight is 131 g/mol. The summed E-state index contributed by atoms with van der Waals surface area (Å²) >= 11 is 0. The van der Waals surface area contributed by atoms with Crippen LogP contribution in [0.25, 0.3) is 0 Å². The summed E-state index contributed by atoms with van der Waals surface area (Å²) in [5.74, 6) is 0.218. The van der Waals surface area contributed by atoms with Crippen LogP contribution in [0.2, 0.25) is 0 Å². The van der Waals surface area contributed by atoms with Gasteiger partial charge in [0, 0.05) is 12.7 Å². The third-order valence-electron chi connectivity index (χ3n) is 0.724. The summed E-state index contributed by atoms with van der Waals surface area (Å²) in [6.07, 6.45) is 1.08. The highest BCUT2D eigenvalue weighted by Gasteiger charge is 1.89. The maximum absolute atomic E-state index is 8.69. The molecule has 3 heteroatoms. The van der Waals surface area contributed by atoms with E-state index in [2.05, 4.69) is 5.32 Å². The largest absolute Gasteiger partial charge is 0.511 e. The summed E-state index contributed by atoms with van der Waals surface area (Å²) in [5, 5.41) is 20.0. The summed E-state index contributed by atoms with van der Waals surface area (Å²) in [6.45, 7) is 3.71. The summed E-state index contributed by atoms with van der Waals surface area (Å²) in [4.78, 5) is 0. The van der Waals surface area contributed by atoms with Crippen molar-refractivity contribution in [3.05, 3.63) is 12.0 Å². The fourth-order valence-electron chi connectivity index (χ4n) is 0.377. The molecule has 0 bridgehead atoms. The first-order valence-electron chi connectivity index (χ1n) is 2.90. The number of aliphatic hydroxyl groups is 2. The first-order chi connectivity index (χ1) is 4.13. The van der Waals surface area contributed by atoms with Gasteiger partial charge >= 0.3 is 0 Å². The molecule has 0 saturated heterocycles. The van der Waals surface area contributed by atoms with Crippen molar-refractivity contribution in [3.8, 4) is 0 Å². The average Bonchev–Trinajstić information content (AvgIpc) is 1.63. The van der Waals surface area contributed by atoms with Gasteiger partial charge < -0.3 is 15.5 Å². The molecule has 54 valence electrons. The second-order valence-electron chi connectivity index (χ2n) is 2.04. The fraction of sp³-hybridized carbons (Fsp3) is 0.667. The van der Waals surface area contributed by atoms with Gasteiger partial charge in [-0.25, -0.2) is 0 Å². The first-order valence-corrected chi connectivity index (χ1v) is 2.90. The van der Waals surface area contributed by atoms with Crippen molar-refractivity contribution in [2.45, 2.75) is 20.0 Å². The molecular weight excluding hydrogens is 118 g/mol. The normalized spacial score (nSPS) is 15.2. The molecule has 0 radical (unpaired) electrons. The van der Waals surface area contributed by atoms with Gasteiger partial charge in [0.25, 0.3) is 0 Å². The van der Waals surface area contributed by atoms with E-state index in [1.807, 2.05) is 0 Å². The van der Waals surface area contributed by atoms with Gasteiger partial charge in [0.1, 0.15) is 5.76 Å². The highest BCUT2D eigenvalue weighted by atomic mass is 16.3. The number of hydrogen-bond acceptors (Lipinski definition) is 3. The lowest BCUT2D eigenvalue weighted by atomic mass is 10.4. The molecule has 0 saturated carbocycles. The number of nitrogens with one attached hydrogen (secondary N) is 1. The molecule has 0 aliphatic heterocycles. The van der Waals surface area contributed by atoms with Gasteiger partial charge in [0.2, 0.25) is 0 Å². The summed E-state index contributed by atoms with van der Waals surface area (Å²) in [5.41, 5.74) is 0. The van der Waals surface area contributed by atoms with Crippen LogP contribution in [0.5, 0.6) is 0 Å². The molecule has 1 atom stereocenters. The zero-order valence-electron chi connectivity index (χ0n) is 5.76. The Morgan fingerprint density at radius 2 is 2.33 bits per heavy atom. The maximum atomic E-state index is 8.69. The number of rotatable bonds is 3. The van der Waals surface area contributed by atoms with Crippen LogP contribution in [0.3, 0.4) is 0 Å². The zero-order valence-corrected chi connectivity index (χ0v) is 5.76. The minimum absolute atomic E-state index is 0.218. The minimum atomic E-state index is -0.374. The summed E-state index contributed by atoms with van der Waals surface area (Å²) < 4.78 is 0. The molecule has 0 amide bonds. The molecule has 3 nitrogen and oxygen atoms in total. The molecular formula is C6H13NO2. The van der Waals surface area contributed by atoms with E-state index in [0.29, 0.717) is 6.54 Å². The Labute approximate surface area is 55.0 Å². The third-order valence-corrected chi connectivity index (χ3v) is 0.724. The maximum Gasteiger partial charge on any atom is 0.105 e. The van der Waals surface area contributed by atoms with Gasteiger partial charge in [-0.1, -0.05) is 0 Å². The third kappa shape index (κ3) is 7.30. The standard InChI is InChI=1S/C6H13NO2/c1-5(8)3-7-4-6(2)9/h3,6-9H,4H2,1-2H3/b5-3+. The fourth-order valence-corrected chi connectivity index (χ4v) is 0.377. The van der Waals surface area contributed by atoms with Gasteiger partial charge in [-0.15, -0.1) is 0 Å². The van der Waals surface area contributed by atoms with Crippen molar-refractivity contribution in [2.75, 3.05) is 6.54 Å². The monoisotopic (exact) mass is 131 g/mol. The van der Waals surface area contributed by atoms with E-state index in [1.165, 1.54) is 6.20 Å². The molecule has 0 aliphatic rings. The van der Waals surface area contributed by atoms with Crippen LogP contribution >= 0.6 is 0 Å². The van der Waals surface area contributed by atoms with Crippen molar-refractivity contribution in [1.82, 2.24) is 5.32 Å². The van der Waals surface area contributed by atoms with Crippen molar-refractivity contribution < 1.29 is 10.2 Å². The highest BCUT2D eigenvalue weighted by Crippen LogP contribution is 1.80. The number of hydrogen-bond donors (Lipinski definition) is 3. The SMILES string of the molecule is C/C(O)=C\NCC(C)O. The Hall–Kier alpha value is -0.700. The lowest BCUT2D eigenvalue weighted by Crippen LogP contribution is -2.19. The van der Waals surface area contributed by atoms with Crippen LogP contribution in [-0.2, 0) is 0 Å². The smallest absolute Gasteiger partial charge is 0.105 e. The Kier molecular flexibility index (Phi) is 3.88. The lowest BCUT2D eigenvalue weighted by Gasteiger charge is -2.02. The predicted molar refractivity (Wildman–Crippen MR) is 36.1 cm³/mol. The van der Waals surface area contributed by atoms with Crippen LogP contribution in [-0.4, -0.2) is 22.9 Å². The second-order valence-corrected chi connectivity index (χ2v) is 2.04. The van der Waals surface area contributed by atoms with Crippen molar-refractivity contribution in [2.24, 2.45) is 0 Å². The molecule has 0 heterocycles. The molecule has 0 aromatic heterocycles. The Bertz CT molecular complexity index is 95.2. The van der Waals surface area contributed by atoms with Crippen LogP contribution in [0, 0.1) is 0 Å². The quantitative estimate of drug-likeness (QED) is 0.485. The van der Waals surface area contributed by atoms with Crippen LogP contribution < -0.4 is 5.32 Å². The van der Waals surface area contributed by atoms with E-state index in [9.17, 15) is 0 Å². The van der Waals surface area contributed by atoms with Gasteiger partial charge in [-0.3, -0.25) is 0 Å². The molecule has 9 heavy (non-hydrogen) atoms. The Morgan fingerprint density at radius 1 is 1.78 bits per heavy atom. The first kappa shape index (κ1) is 8.30. The second kappa shape index (κ2) is 4.21. The molecule has 0 aromatic rings. The molecule has 0 aliphatic carbocycles. The Balaban J connectivity index is 3.20. The van der Waals surface area contributed by atoms with E-state index in [0.717, 1.165) is 0 Å². The van der Waals surface area contributed by atoms with Crippen LogP contribution in [0.1, 0.15) is 13.8 Å². The van der Waals surface area contributed by atoms with Crippen molar-refractivity contribution >= 4 is 0 Å². The molecule has 0 fully saturated rings. The van der Waals surface area contributed by atoms with Gasteiger partial charge in [-0.05, 0) is 13.8 Å². The summed E-state index contributed by atoms with van der Waals surface area (Å²) in [7, 11) is 0. The molecule has 0 aromatic carbocycles.